The maximum Gasteiger partial charge on any atom is 0.434 e. The van der Waals surface area contributed by atoms with Crippen molar-refractivity contribution in [2.24, 2.45) is 0 Å². The number of carbonyl (C=O) groups excluding carboxylic acids is 2. The Hall–Kier alpha value is -3.11. The predicted molar refractivity (Wildman–Crippen MR) is 144 cm³/mol. The lowest BCUT2D eigenvalue weighted by Gasteiger charge is -2.54. The van der Waals surface area contributed by atoms with Crippen molar-refractivity contribution in [2.45, 2.75) is 76.4 Å². The summed E-state index contributed by atoms with van der Waals surface area (Å²) in [5, 5.41) is 9.82. The van der Waals surface area contributed by atoms with E-state index in [0.29, 0.717) is 71.7 Å². The molecule has 0 aromatic carbocycles. The highest BCUT2D eigenvalue weighted by Crippen LogP contribution is 2.42. The standard InChI is InChI=1S/C28H37F3N6O4/c1-18-21(34-10-12-36(13-11-34)25(39)41-26(2,3)4)17-37(18)20-15-23(33-24(19(20)16-32)28(29,30)31)35-8-6-27(7-9-35)22(38)5-14-40-27/h15,18,21H,5-14,17H2,1-4H3/t18-,21-/m1/s1. The Morgan fingerprint density at radius 3 is 2.32 bits per heavy atom. The van der Waals surface area contributed by atoms with E-state index in [1.165, 1.54) is 0 Å². The van der Waals surface area contributed by atoms with E-state index in [4.69, 9.17) is 9.47 Å². The van der Waals surface area contributed by atoms with E-state index in [1.807, 2.05) is 32.6 Å². The zero-order valence-corrected chi connectivity index (χ0v) is 24.0. The van der Waals surface area contributed by atoms with Crippen LogP contribution in [0.3, 0.4) is 0 Å². The van der Waals surface area contributed by atoms with Gasteiger partial charge < -0.3 is 24.2 Å². The van der Waals surface area contributed by atoms with Gasteiger partial charge in [0.15, 0.2) is 11.5 Å². The van der Waals surface area contributed by atoms with Crippen molar-refractivity contribution in [3.63, 3.8) is 0 Å². The van der Waals surface area contributed by atoms with Crippen LogP contribution in [0.15, 0.2) is 6.07 Å². The number of Topliss-reactive ketones (excluding diaryl/α,β-unsaturated/α-hetero) is 1. The average Bonchev–Trinajstić information content (AvgIpc) is 3.25. The molecule has 224 valence electrons. The maximum absolute atomic E-state index is 14.1. The lowest BCUT2D eigenvalue weighted by Crippen LogP contribution is -2.68. The monoisotopic (exact) mass is 578 g/mol. The summed E-state index contributed by atoms with van der Waals surface area (Å²) in [6, 6.07) is 3.26. The van der Waals surface area contributed by atoms with Crippen molar-refractivity contribution in [1.29, 1.82) is 5.26 Å². The number of piperidine rings is 1. The third kappa shape index (κ3) is 5.68. The number of nitriles is 1. The molecule has 13 heteroatoms. The summed E-state index contributed by atoms with van der Waals surface area (Å²) in [7, 11) is 0. The van der Waals surface area contributed by atoms with E-state index in [9.17, 15) is 28.0 Å². The molecule has 4 fully saturated rings. The summed E-state index contributed by atoms with van der Waals surface area (Å²) >= 11 is 0. The van der Waals surface area contributed by atoms with E-state index < -0.39 is 28.6 Å². The first-order valence-corrected chi connectivity index (χ1v) is 14.2. The molecule has 41 heavy (non-hydrogen) atoms. The number of halogens is 3. The first-order valence-electron chi connectivity index (χ1n) is 14.2. The number of anilines is 2. The summed E-state index contributed by atoms with van der Waals surface area (Å²) in [6.45, 7) is 11.2. The van der Waals surface area contributed by atoms with Crippen LogP contribution in [-0.2, 0) is 20.4 Å². The third-order valence-corrected chi connectivity index (χ3v) is 8.65. The van der Waals surface area contributed by atoms with Crippen LogP contribution in [0.4, 0.5) is 29.5 Å². The third-order valence-electron chi connectivity index (χ3n) is 8.65. The first-order chi connectivity index (χ1) is 19.2. The van der Waals surface area contributed by atoms with Gasteiger partial charge in [-0.1, -0.05) is 0 Å². The molecule has 5 heterocycles. The smallest absolute Gasteiger partial charge is 0.434 e. The second-order valence-electron chi connectivity index (χ2n) is 12.3. The fraction of sp³-hybridized carbons (Fsp3) is 0.714. The number of ketones is 1. The lowest BCUT2D eigenvalue weighted by molar-refractivity contribution is -0.141. The minimum absolute atomic E-state index is 0.0500. The van der Waals surface area contributed by atoms with Gasteiger partial charge in [-0.25, -0.2) is 9.78 Å². The van der Waals surface area contributed by atoms with Gasteiger partial charge in [0.05, 0.1) is 12.3 Å². The van der Waals surface area contributed by atoms with Gasteiger partial charge in [-0.05, 0) is 27.7 Å². The number of nitrogens with zero attached hydrogens (tertiary/aromatic N) is 6. The van der Waals surface area contributed by atoms with Crippen LogP contribution in [0.1, 0.15) is 58.2 Å². The highest BCUT2D eigenvalue weighted by Gasteiger charge is 2.47. The minimum Gasteiger partial charge on any atom is -0.444 e. The van der Waals surface area contributed by atoms with Crippen molar-refractivity contribution < 1.29 is 32.2 Å². The molecule has 5 rings (SSSR count). The number of alkyl halides is 3. The molecular weight excluding hydrogens is 541 g/mol. The van der Waals surface area contributed by atoms with E-state index in [2.05, 4.69) is 9.88 Å². The number of amides is 1. The molecule has 0 radical (unpaired) electrons. The fourth-order valence-electron chi connectivity index (χ4n) is 6.28. The highest BCUT2D eigenvalue weighted by atomic mass is 19.4. The summed E-state index contributed by atoms with van der Waals surface area (Å²) in [6.07, 6.45) is -4.01. The number of pyridine rings is 1. The molecule has 1 aromatic rings. The predicted octanol–water partition coefficient (Wildman–Crippen LogP) is 3.43. The Kier molecular flexibility index (Phi) is 7.61. The van der Waals surface area contributed by atoms with E-state index >= 15 is 0 Å². The average molecular weight is 579 g/mol. The number of hydrogen-bond acceptors (Lipinski definition) is 9. The van der Waals surface area contributed by atoms with Crippen molar-refractivity contribution >= 4 is 23.4 Å². The van der Waals surface area contributed by atoms with E-state index in [1.54, 1.807) is 21.9 Å². The van der Waals surface area contributed by atoms with Gasteiger partial charge in [0.25, 0.3) is 0 Å². The minimum atomic E-state index is -4.80. The largest absolute Gasteiger partial charge is 0.444 e. The second kappa shape index (κ2) is 10.6. The number of hydrogen-bond donors (Lipinski definition) is 0. The number of carbonyl (C=O) groups is 2. The zero-order valence-electron chi connectivity index (χ0n) is 24.0. The summed E-state index contributed by atoms with van der Waals surface area (Å²) in [5.41, 5.74) is -2.88. The second-order valence-corrected chi connectivity index (χ2v) is 12.3. The van der Waals surface area contributed by atoms with Crippen molar-refractivity contribution in [1.82, 2.24) is 14.8 Å². The van der Waals surface area contributed by atoms with Gasteiger partial charge in [0.1, 0.15) is 28.7 Å². The van der Waals surface area contributed by atoms with Gasteiger partial charge >= 0.3 is 12.3 Å². The van der Waals surface area contributed by atoms with Gasteiger partial charge in [-0.2, -0.15) is 18.4 Å². The van der Waals surface area contributed by atoms with Crippen molar-refractivity contribution in [2.75, 3.05) is 62.2 Å². The molecule has 0 saturated carbocycles. The lowest BCUT2D eigenvalue weighted by atomic mass is 9.87. The summed E-state index contributed by atoms with van der Waals surface area (Å²) < 4.78 is 53.6. The Labute approximate surface area is 238 Å². The van der Waals surface area contributed by atoms with Crippen LogP contribution in [0, 0.1) is 11.3 Å². The molecule has 0 bridgehead atoms. The number of aromatic nitrogens is 1. The molecule has 1 amide bonds. The quantitative estimate of drug-likeness (QED) is 0.534. The van der Waals surface area contributed by atoms with Crippen molar-refractivity contribution in [3.05, 3.63) is 17.3 Å². The van der Waals surface area contributed by atoms with Crippen molar-refractivity contribution in [3.8, 4) is 6.07 Å². The van der Waals surface area contributed by atoms with E-state index in [-0.39, 0.29) is 35.5 Å². The number of piperazine rings is 1. The van der Waals surface area contributed by atoms with Crippen LogP contribution in [-0.4, -0.2) is 102 Å². The molecule has 4 aliphatic rings. The molecule has 10 nitrogen and oxygen atoms in total. The van der Waals surface area contributed by atoms with Crippen LogP contribution in [0.2, 0.25) is 0 Å². The summed E-state index contributed by atoms with van der Waals surface area (Å²) in [4.78, 5) is 36.2. The molecule has 1 aromatic heterocycles. The molecule has 1 spiro atoms. The molecule has 4 aliphatic heterocycles. The molecule has 0 unspecified atom stereocenters. The Morgan fingerprint density at radius 1 is 1.15 bits per heavy atom. The highest BCUT2D eigenvalue weighted by molar-refractivity contribution is 5.89. The molecule has 4 saturated heterocycles. The SMILES string of the molecule is C[C@@H]1[C@H](N2CCN(C(=O)OC(C)(C)C)CC2)CN1c1cc(N2CCC3(CC2)OCCC3=O)nc(C(F)(F)F)c1C#N. The Bertz CT molecular complexity index is 1230. The van der Waals surface area contributed by atoms with Crippen LogP contribution in [0.25, 0.3) is 0 Å². The fourth-order valence-corrected chi connectivity index (χ4v) is 6.28. The van der Waals surface area contributed by atoms with Gasteiger partial charge in [0.2, 0.25) is 0 Å². The molecule has 0 aliphatic carbocycles. The van der Waals surface area contributed by atoms with Gasteiger partial charge in [0, 0.05) is 83.2 Å². The van der Waals surface area contributed by atoms with E-state index in [0.717, 1.165) is 0 Å². The molecule has 0 N–H and O–H groups in total. The summed E-state index contributed by atoms with van der Waals surface area (Å²) in [5.74, 6) is 0.197. The number of ether oxygens (including phenoxy) is 2. The maximum atomic E-state index is 14.1. The van der Waals surface area contributed by atoms with Gasteiger partial charge in [-0.15, -0.1) is 0 Å². The zero-order chi connectivity index (χ0) is 29.7. The van der Waals surface area contributed by atoms with Crippen LogP contribution in [0.5, 0.6) is 0 Å². The number of rotatable bonds is 3. The van der Waals surface area contributed by atoms with Crippen LogP contribution < -0.4 is 9.80 Å². The van der Waals surface area contributed by atoms with Crippen LogP contribution >= 0.6 is 0 Å². The Balaban J connectivity index is 1.31. The van der Waals surface area contributed by atoms with Gasteiger partial charge in [-0.3, -0.25) is 9.69 Å². The molecular formula is C28H37F3N6O4. The normalized spacial score (nSPS) is 25.3. The Morgan fingerprint density at radius 2 is 1.80 bits per heavy atom. The topological polar surface area (TPSA) is 102 Å². The molecule has 2 atom stereocenters. The first kappa shape index (κ1) is 29.4.